The molecule has 142 valence electrons. The number of rotatable bonds is 6. The van der Waals surface area contributed by atoms with Crippen LogP contribution in [-0.4, -0.2) is 25.6 Å². The van der Waals surface area contributed by atoms with Crippen LogP contribution in [0.3, 0.4) is 0 Å². The van der Waals surface area contributed by atoms with Crippen molar-refractivity contribution in [2.24, 2.45) is 0 Å². The molecular formula is C22H25NO4. The third kappa shape index (κ3) is 3.82. The minimum absolute atomic E-state index is 0.0359. The maximum absolute atomic E-state index is 13.2. The Bertz CT molecular complexity index is 810. The molecule has 0 bridgehead atoms. The van der Waals surface area contributed by atoms with Crippen molar-refractivity contribution in [3.63, 3.8) is 0 Å². The van der Waals surface area contributed by atoms with Crippen molar-refractivity contribution in [2.75, 3.05) is 19.0 Å². The topological polar surface area (TPSA) is 64.6 Å². The highest BCUT2D eigenvalue weighted by Gasteiger charge is 2.42. The van der Waals surface area contributed by atoms with E-state index in [0.717, 1.165) is 31.2 Å². The van der Waals surface area contributed by atoms with Crippen molar-refractivity contribution in [2.45, 2.75) is 38.0 Å². The van der Waals surface area contributed by atoms with Crippen LogP contribution < -0.4 is 10.1 Å². The maximum atomic E-state index is 13.2. The predicted molar refractivity (Wildman–Crippen MR) is 104 cm³/mol. The molecule has 1 aliphatic rings. The van der Waals surface area contributed by atoms with E-state index in [4.69, 9.17) is 9.47 Å². The Kier molecular flexibility index (Phi) is 5.79. The van der Waals surface area contributed by atoms with E-state index in [1.807, 2.05) is 37.3 Å². The summed E-state index contributed by atoms with van der Waals surface area (Å²) in [5.74, 6) is -0.0830. The monoisotopic (exact) mass is 367 g/mol. The number of carbonyl (C=O) groups excluding carboxylic acids is 2. The van der Waals surface area contributed by atoms with Gasteiger partial charge in [-0.05, 0) is 43.5 Å². The van der Waals surface area contributed by atoms with Gasteiger partial charge in [-0.3, -0.25) is 4.79 Å². The van der Waals surface area contributed by atoms with E-state index in [1.54, 1.807) is 18.2 Å². The second-order valence-electron chi connectivity index (χ2n) is 6.74. The van der Waals surface area contributed by atoms with Crippen molar-refractivity contribution in [1.29, 1.82) is 0 Å². The number of methoxy groups -OCH3 is 1. The molecule has 0 radical (unpaired) electrons. The number of nitrogens with one attached hydrogen (secondary N) is 1. The maximum Gasteiger partial charge on any atom is 0.341 e. The molecule has 0 aromatic heterocycles. The number of esters is 1. The SMILES string of the molecule is CCOc1ccc(NC(=O)C2(c3ccccc3)CCCC2)cc1C(=O)OC. The number of benzene rings is 2. The molecule has 1 fully saturated rings. The summed E-state index contributed by atoms with van der Waals surface area (Å²) in [4.78, 5) is 25.3. The fourth-order valence-electron chi connectivity index (χ4n) is 3.79. The molecule has 1 saturated carbocycles. The van der Waals surface area contributed by atoms with E-state index in [9.17, 15) is 9.59 Å². The van der Waals surface area contributed by atoms with Gasteiger partial charge in [0.2, 0.25) is 5.91 Å². The zero-order valence-corrected chi connectivity index (χ0v) is 15.8. The van der Waals surface area contributed by atoms with Gasteiger partial charge in [-0.2, -0.15) is 0 Å². The van der Waals surface area contributed by atoms with Crippen LogP contribution >= 0.6 is 0 Å². The largest absolute Gasteiger partial charge is 0.493 e. The number of hydrogen-bond donors (Lipinski definition) is 1. The van der Waals surface area contributed by atoms with Crippen molar-refractivity contribution in [1.82, 2.24) is 0 Å². The Labute approximate surface area is 159 Å². The molecule has 5 heteroatoms. The van der Waals surface area contributed by atoms with E-state index in [-0.39, 0.29) is 5.91 Å². The zero-order chi connectivity index (χ0) is 19.3. The first-order valence-electron chi connectivity index (χ1n) is 9.33. The van der Waals surface area contributed by atoms with Crippen molar-refractivity contribution in [3.05, 3.63) is 59.7 Å². The molecule has 5 nitrogen and oxygen atoms in total. The van der Waals surface area contributed by atoms with Gasteiger partial charge in [0.1, 0.15) is 11.3 Å². The van der Waals surface area contributed by atoms with Crippen molar-refractivity contribution < 1.29 is 19.1 Å². The second kappa shape index (κ2) is 8.25. The third-order valence-corrected chi connectivity index (χ3v) is 5.16. The first-order chi connectivity index (χ1) is 13.1. The molecule has 3 rings (SSSR count). The summed E-state index contributed by atoms with van der Waals surface area (Å²) in [6, 6.07) is 15.0. The molecule has 1 N–H and O–H groups in total. The summed E-state index contributed by atoms with van der Waals surface area (Å²) >= 11 is 0. The lowest BCUT2D eigenvalue weighted by Gasteiger charge is -2.28. The van der Waals surface area contributed by atoms with Gasteiger partial charge in [-0.15, -0.1) is 0 Å². The number of amides is 1. The first kappa shape index (κ1) is 19.0. The smallest absolute Gasteiger partial charge is 0.341 e. The molecular weight excluding hydrogens is 342 g/mol. The van der Waals surface area contributed by atoms with Crippen LogP contribution in [-0.2, 0) is 14.9 Å². The number of hydrogen-bond acceptors (Lipinski definition) is 4. The van der Waals surface area contributed by atoms with Crippen molar-refractivity contribution in [3.8, 4) is 5.75 Å². The summed E-state index contributed by atoms with van der Waals surface area (Å²) in [6.45, 7) is 2.28. The average Bonchev–Trinajstić information content (AvgIpc) is 3.20. The van der Waals surface area contributed by atoms with E-state index in [2.05, 4.69) is 5.32 Å². The fraction of sp³-hybridized carbons (Fsp3) is 0.364. The summed E-state index contributed by atoms with van der Waals surface area (Å²) < 4.78 is 10.3. The van der Waals surface area contributed by atoms with Gasteiger partial charge in [0.05, 0.1) is 19.1 Å². The Hall–Kier alpha value is -2.82. The lowest BCUT2D eigenvalue weighted by Crippen LogP contribution is -2.38. The van der Waals surface area contributed by atoms with Crippen LogP contribution in [0.15, 0.2) is 48.5 Å². The highest BCUT2D eigenvalue weighted by Crippen LogP contribution is 2.42. The molecule has 0 aliphatic heterocycles. The van der Waals surface area contributed by atoms with Crippen LogP contribution in [0.2, 0.25) is 0 Å². The van der Waals surface area contributed by atoms with E-state index >= 15 is 0 Å². The van der Waals surface area contributed by atoms with Gasteiger partial charge in [-0.25, -0.2) is 4.79 Å². The van der Waals surface area contributed by atoms with Gasteiger partial charge >= 0.3 is 5.97 Å². The normalized spacial score (nSPS) is 15.2. The predicted octanol–water partition coefficient (Wildman–Crippen LogP) is 4.32. The van der Waals surface area contributed by atoms with Crippen LogP contribution in [0.25, 0.3) is 0 Å². The van der Waals surface area contributed by atoms with Gasteiger partial charge in [0, 0.05) is 5.69 Å². The summed E-state index contributed by atoms with van der Waals surface area (Å²) in [7, 11) is 1.33. The van der Waals surface area contributed by atoms with Gasteiger partial charge in [0.15, 0.2) is 0 Å². The Morgan fingerprint density at radius 1 is 1.07 bits per heavy atom. The molecule has 1 aliphatic carbocycles. The van der Waals surface area contributed by atoms with E-state index < -0.39 is 11.4 Å². The Morgan fingerprint density at radius 3 is 2.41 bits per heavy atom. The molecule has 0 unspecified atom stereocenters. The first-order valence-corrected chi connectivity index (χ1v) is 9.33. The Balaban J connectivity index is 1.89. The van der Waals surface area contributed by atoms with Gasteiger partial charge in [-0.1, -0.05) is 43.2 Å². The molecule has 0 atom stereocenters. The zero-order valence-electron chi connectivity index (χ0n) is 15.8. The van der Waals surface area contributed by atoms with Crippen molar-refractivity contribution >= 4 is 17.6 Å². The van der Waals surface area contributed by atoms with Crippen LogP contribution in [0, 0.1) is 0 Å². The number of ether oxygens (including phenoxy) is 2. The highest BCUT2D eigenvalue weighted by atomic mass is 16.5. The summed E-state index contributed by atoms with van der Waals surface area (Å²) in [5.41, 5.74) is 1.38. The van der Waals surface area contributed by atoms with Gasteiger partial charge in [0.25, 0.3) is 0 Å². The number of anilines is 1. The lowest BCUT2D eigenvalue weighted by molar-refractivity contribution is -0.121. The molecule has 2 aromatic rings. The van der Waals surface area contributed by atoms with Crippen LogP contribution in [0.5, 0.6) is 5.75 Å². The average molecular weight is 367 g/mol. The molecule has 27 heavy (non-hydrogen) atoms. The standard InChI is InChI=1S/C22H25NO4/c1-3-27-19-12-11-17(15-18(19)20(24)26-2)23-21(25)22(13-7-8-14-22)16-9-5-4-6-10-16/h4-6,9-12,15H,3,7-8,13-14H2,1-2H3,(H,23,25). The molecule has 1 amide bonds. The quantitative estimate of drug-likeness (QED) is 0.772. The molecule has 0 spiro atoms. The molecule has 0 heterocycles. The summed E-state index contributed by atoms with van der Waals surface area (Å²) in [6.07, 6.45) is 3.70. The fourth-order valence-corrected chi connectivity index (χ4v) is 3.79. The van der Waals surface area contributed by atoms with Crippen LogP contribution in [0.4, 0.5) is 5.69 Å². The lowest BCUT2D eigenvalue weighted by atomic mass is 9.78. The number of carbonyl (C=O) groups is 2. The van der Waals surface area contributed by atoms with E-state index in [1.165, 1.54) is 7.11 Å². The molecule has 0 saturated heterocycles. The van der Waals surface area contributed by atoms with E-state index in [0.29, 0.717) is 23.6 Å². The Morgan fingerprint density at radius 2 is 1.78 bits per heavy atom. The minimum Gasteiger partial charge on any atom is -0.493 e. The van der Waals surface area contributed by atoms with Gasteiger partial charge < -0.3 is 14.8 Å². The third-order valence-electron chi connectivity index (χ3n) is 5.16. The highest BCUT2D eigenvalue weighted by molar-refractivity contribution is 6.01. The summed E-state index contributed by atoms with van der Waals surface area (Å²) in [5, 5.41) is 3.01. The molecule has 2 aromatic carbocycles. The minimum atomic E-state index is -0.523. The van der Waals surface area contributed by atoms with Crippen LogP contribution in [0.1, 0.15) is 48.5 Å². The second-order valence-corrected chi connectivity index (χ2v) is 6.74.